The minimum Gasteiger partial charge on any atom is -0.432 e. The number of halogens is 1. The van der Waals surface area contributed by atoms with Crippen LogP contribution in [0, 0.1) is 5.92 Å². The molecule has 9 nitrogen and oxygen atoms in total. The summed E-state index contributed by atoms with van der Waals surface area (Å²) in [7, 11) is -2.98. The van der Waals surface area contributed by atoms with Gasteiger partial charge in [-0.3, -0.25) is 19.3 Å². The van der Waals surface area contributed by atoms with E-state index in [1.165, 1.54) is 0 Å². The summed E-state index contributed by atoms with van der Waals surface area (Å²) in [6.45, 7) is 6.31. The van der Waals surface area contributed by atoms with E-state index in [1.54, 1.807) is 26.8 Å². The number of aliphatic hydroxyl groups excluding tert-OH is 1. The fraction of sp³-hybridized carbons (Fsp3) is 0.432. The van der Waals surface area contributed by atoms with E-state index in [1.807, 2.05) is 74.6 Å². The highest BCUT2D eigenvalue weighted by atomic mass is 35.5. The van der Waals surface area contributed by atoms with Gasteiger partial charge in [0.25, 0.3) is 5.91 Å². The Balaban J connectivity index is 1.23. The van der Waals surface area contributed by atoms with Gasteiger partial charge in [0.1, 0.15) is 0 Å². The number of para-hydroxylation sites is 1. The lowest BCUT2D eigenvalue weighted by Crippen LogP contribution is -2.46. The van der Waals surface area contributed by atoms with Crippen molar-refractivity contribution >= 4 is 54.7 Å². The second-order valence-corrected chi connectivity index (χ2v) is 18.6. The van der Waals surface area contributed by atoms with Crippen LogP contribution in [0.15, 0.2) is 66.7 Å². The quantitative estimate of drug-likeness (QED) is 0.310. The second-order valence-electron chi connectivity index (χ2n) is 14.2. The number of likely N-dealkylation sites (tertiary alicyclic amines) is 1. The summed E-state index contributed by atoms with van der Waals surface area (Å²) in [5, 5.41) is 10.3. The monoisotopic (exact) mass is 687 g/mol. The van der Waals surface area contributed by atoms with E-state index in [9.17, 15) is 24.3 Å². The molecule has 2 N–H and O–H groups in total. The molecule has 4 aliphatic heterocycles. The summed E-state index contributed by atoms with van der Waals surface area (Å²) in [6.07, 6.45) is 2.02. The number of hydrogen-bond donors (Lipinski definition) is 2. The van der Waals surface area contributed by atoms with Crippen molar-refractivity contribution in [1.82, 2.24) is 4.90 Å². The van der Waals surface area contributed by atoms with Gasteiger partial charge in [0, 0.05) is 40.7 Å². The Kier molecular flexibility index (Phi) is 8.52. The molecule has 11 heteroatoms. The largest absolute Gasteiger partial charge is 0.432 e. The number of ether oxygens (including phenoxy) is 1. The molecule has 0 aromatic heterocycles. The zero-order valence-corrected chi connectivity index (χ0v) is 29.3. The van der Waals surface area contributed by atoms with E-state index < -0.39 is 31.5 Å². The number of aliphatic hydroxyl groups is 1. The molecule has 48 heavy (non-hydrogen) atoms. The van der Waals surface area contributed by atoms with Crippen LogP contribution in [0.2, 0.25) is 23.7 Å². The van der Waals surface area contributed by atoms with Gasteiger partial charge in [-0.15, -0.1) is 0 Å². The van der Waals surface area contributed by atoms with Crippen LogP contribution in [0.4, 0.5) is 17.1 Å². The normalized spacial score (nSPS) is 26.8. The lowest BCUT2D eigenvalue weighted by atomic mass is 9.82. The molecule has 2 saturated heterocycles. The maximum Gasteiger partial charge on any atom is 0.264 e. The summed E-state index contributed by atoms with van der Waals surface area (Å²) in [5.41, 5.74) is 3.01. The SMILES string of the molecule is C[C@@H]1[C@@H]([Si](C)(C)O)[C@H](CC(=O)N2CCC[C@H]2CO)O[C@@]12C(=O)N(Cc1cccc(N3C(=O)CCc4ccccc43)c1)c1ccc(Cl)cc12. The molecule has 4 heterocycles. The zero-order chi connectivity index (χ0) is 34.0. The van der Waals surface area contributed by atoms with Crippen molar-refractivity contribution < 1.29 is 29.0 Å². The van der Waals surface area contributed by atoms with Gasteiger partial charge in [-0.2, -0.15) is 0 Å². The van der Waals surface area contributed by atoms with Crippen molar-refractivity contribution in [3.8, 4) is 0 Å². The molecule has 3 aromatic carbocycles. The number of aryl methyl sites for hydroxylation is 1. The summed E-state index contributed by atoms with van der Waals surface area (Å²) >= 11 is 6.57. The van der Waals surface area contributed by atoms with Crippen molar-refractivity contribution in [2.24, 2.45) is 5.92 Å². The van der Waals surface area contributed by atoms with E-state index >= 15 is 0 Å². The van der Waals surface area contributed by atoms with Crippen molar-refractivity contribution in [2.75, 3.05) is 23.0 Å². The Morgan fingerprint density at radius 3 is 2.60 bits per heavy atom. The van der Waals surface area contributed by atoms with Gasteiger partial charge in [0.05, 0.1) is 43.1 Å². The van der Waals surface area contributed by atoms with Crippen LogP contribution in [-0.2, 0) is 37.7 Å². The Bertz CT molecular complexity index is 1780. The van der Waals surface area contributed by atoms with E-state index in [4.69, 9.17) is 16.3 Å². The van der Waals surface area contributed by atoms with Gasteiger partial charge in [0.15, 0.2) is 13.9 Å². The van der Waals surface area contributed by atoms with Crippen LogP contribution in [0.3, 0.4) is 0 Å². The van der Waals surface area contributed by atoms with Gasteiger partial charge in [-0.05, 0) is 79.9 Å². The molecular formula is C37H42ClN3O6Si. The molecule has 7 rings (SSSR count). The average Bonchev–Trinajstić information content (AvgIpc) is 3.71. The maximum atomic E-state index is 14.9. The van der Waals surface area contributed by atoms with Crippen LogP contribution in [0.5, 0.6) is 0 Å². The lowest BCUT2D eigenvalue weighted by Gasteiger charge is -2.33. The number of amides is 3. The van der Waals surface area contributed by atoms with E-state index in [0.717, 1.165) is 35.3 Å². The first-order chi connectivity index (χ1) is 22.9. The Hall–Kier alpha value is -3.54. The molecule has 0 bridgehead atoms. The Labute approximate surface area is 287 Å². The third kappa shape index (κ3) is 5.38. The van der Waals surface area contributed by atoms with Crippen LogP contribution < -0.4 is 9.80 Å². The summed E-state index contributed by atoms with van der Waals surface area (Å²) in [6, 6.07) is 20.8. The smallest absolute Gasteiger partial charge is 0.264 e. The minimum absolute atomic E-state index is 0.0147. The van der Waals surface area contributed by atoms with E-state index in [2.05, 4.69) is 0 Å². The zero-order valence-electron chi connectivity index (χ0n) is 27.6. The maximum absolute atomic E-state index is 14.9. The number of benzene rings is 3. The predicted octanol–water partition coefficient (Wildman–Crippen LogP) is 5.67. The van der Waals surface area contributed by atoms with Crippen molar-refractivity contribution in [3.05, 3.63) is 88.4 Å². The summed E-state index contributed by atoms with van der Waals surface area (Å²) in [5.74, 6) is -0.817. The molecule has 5 atom stereocenters. The first-order valence-corrected chi connectivity index (χ1v) is 20.3. The highest BCUT2D eigenvalue weighted by Crippen LogP contribution is 2.60. The lowest BCUT2D eigenvalue weighted by molar-refractivity contribution is -0.150. The van der Waals surface area contributed by atoms with Crippen LogP contribution in [0.25, 0.3) is 0 Å². The highest BCUT2D eigenvalue weighted by Gasteiger charge is 2.66. The average molecular weight is 688 g/mol. The molecule has 2 fully saturated rings. The molecule has 252 valence electrons. The Morgan fingerprint density at radius 2 is 1.83 bits per heavy atom. The minimum atomic E-state index is -2.98. The third-order valence-corrected chi connectivity index (χ3v) is 13.6. The number of rotatable bonds is 7. The fourth-order valence-corrected chi connectivity index (χ4v) is 11.5. The van der Waals surface area contributed by atoms with Crippen LogP contribution >= 0.6 is 11.6 Å². The molecule has 0 aliphatic carbocycles. The molecule has 3 amide bonds. The van der Waals surface area contributed by atoms with Gasteiger partial charge >= 0.3 is 0 Å². The first kappa shape index (κ1) is 33.0. The van der Waals surface area contributed by atoms with Crippen molar-refractivity contribution in [1.29, 1.82) is 0 Å². The third-order valence-electron chi connectivity index (χ3n) is 10.8. The number of fused-ring (bicyclic) bond motifs is 3. The topological polar surface area (TPSA) is 111 Å². The second kappa shape index (κ2) is 12.4. The number of carbonyl (C=O) groups excluding carboxylic acids is 3. The van der Waals surface area contributed by atoms with E-state index in [0.29, 0.717) is 35.7 Å². The van der Waals surface area contributed by atoms with Gasteiger partial charge in [-0.25, -0.2) is 0 Å². The number of nitrogens with zero attached hydrogens (tertiary/aromatic N) is 3. The van der Waals surface area contributed by atoms with Crippen molar-refractivity contribution in [2.45, 2.75) is 82.0 Å². The fourth-order valence-electron chi connectivity index (χ4n) is 8.74. The molecule has 0 radical (unpaired) electrons. The Morgan fingerprint density at radius 1 is 1.04 bits per heavy atom. The van der Waals surface area contributed by atoms with E-state index in [-0.39, 0.29) is 43.3 Å². The van der Waals surface area contributed by atoms with Gasteiger partial charge in [-0.1, -0.05) is 48.9 Å². The molecule has 3 aromatic rings. The number of hydrogen-bond acceptors (Lipinski definition) is 6. The van der Waals surface area contributed by atoms with Crippen LogP contribution in [-0.4, -0.2) is 66.1 Å². The summed E-state index contributed by atoms with van der Waals surface area (Å²) < 4.78 is 6.86. The molecular weight excluding hydrogens is 646 g/mol. The molecule has 0 unspecified atom stereocenters. The molecule has 0 saturated carbocycles. The molecule has 1 spiro atoms. The highest BCUT2D eigenvalue weighted by molar-refractivity contribution is 6.71. The first-order valence-electron chi connectivity index (χ1n) is 16.9. The summed E-state index contributed by atoms with van der Waals surface area (Å²) in [4.78, 5) is 58.5. The van der Waals surface area contributed by atoms with Crippen molar-refractivity contribution in [3.63, 3.8) is 0 Å². The standard InChI is InChI=1S/C37H42ClN3O6Si/c1-23-35(48(2,3)46)32(20-34(44)39-17-7-11-28(39)22-42)47-37(23)29-19-26(38)14-15-31(29)40(36(37)45)21-24-8-6-10-27(18-24)41-30-12-5-4-9-25(30)13-16-33(41)43/h4-6,8-10,12,14-15,18-19,23,28,32,35,42,46H,7,11,13,16-17,20-22H2,1-3H3/t23-,28+,32+,35-,37+/m1/s1. The van der Waals surface area contributed by atoms with Crippen LogP contribution in [0.1, 0.15) is 49.3 Å². The van der Waals surface area contributed by atoms with Gasteiger partial charge in [0.2, 0.25) is 11.8 Å². The molecule has 4 aliphatic rings. The predicted molar refractivity (Wildman–Crippen MR) is 187 cm³/mol. The number of anilines is 3. The van der Waals surface area contributed by atoms with Gasteiger partial charge < -0.3 is 24.4 Å². The number of carbonyl (C=O) groups is 3.